The van der Waals surface area contributed by atoms with E-state index >= 15 is 0 Å². The van der Waals surface area contributed by atoms with Crippen molar-refractivity contribution in [1.82, 2.24) is 14.8 Å². The summed E-state index contributed by atoms with van der Waals surface area (Å²) < 4.78 is 5.56. The quantitative estimate of drug-likeness (QED) is 0.350. The van der Waals surface area contributed by atoms with Crippen molar-refractivity contribution in [3.8, 4) is 5.88 Å². The Kier molecular flexibility index (Phi) is 6.07. The van der Waals surface area contributed by atoms with Crippen molar-refractivity contribution >= 4 is 45.7 Å². The zero-order valence-corrected chi connectivity index (χ0v) is 22.3. The van der Waals surface area contributed by atoms with Crippen LogP contribution in [0.3, 0.4) is 0 Å². The molecule has 38 heavy (non-hydrogen) atoms. The summed E-state index contributed by atoms with van der Waals surface area (Å²) in [6, 6.07) is 13.5. The molecule has 4 heterocycles. The minimum Gasteiger partial charge on any atom is -0.494 e. The number of amides is 1. The van der Waals surface area contributed by atoms with Crippen LogP contribution in [-0.2, 0) is 9.57 Å². The van der Waals surface area contributed by atoms with Gasteiger partial charge in [-0.3, -0.25) is 4.90 Å². The van der Waals surface area contributed by atoms with Crippen molar-refractivity contribution in [2.24, 2.45) is 10.1 Å². The Labute approximate surface area is 225 Å². The van der Waals surface area contributed by atoms with E-state index in [1.165, 1.54) is 0 Å². The molecule has 10 heteroatoms. The second kappa shape index (κ2) is 9.32. The van der Waals surface area contributed by atoms with Crippen molar-refractivity contribution in [1.29, 1.82) is 0 Å². The maximum absolute atomic E-state index is 12.5. The molecule has 2 atom stereocenters. The van der Waals surface area contributed by atoms with Crippen LogP contribution in [0.25, 0.3) is 10.9 Å². The maximum atomic E-state index is 12.5. The number of halogens is 1. The van der Waals surface area contributed by atoms with Crippen LogP contribution in [0.4, 0.5) is 10.5 Å². The van der Waals surface area contributed by atoms with E-state index in [9.17, 15) is 9.90 Å². The monoisotopic (exact) mass is 535 g/mol. The highest BCUT2D eigenvalue weighted by molar-refractivity contribution is 6.58. The molecule has 3 aliphatic rings. The van der Waals surface area contributed by atoms with Gasteiger partial charge in [0.1, 0.15) is 23.6 Å². The van der Waals surface area contributed by atoms with E-state index in [2.05, 4.69) is 15.0 Å². The van der Waals surface area contributed by atoms with Gasteiger partial charge in [-0.25, -0.2) is 9.79 Å². The van der Waals surface area contributed by atoms with E-state index < -0.39 is 5.60 Å². The molecule has 6 rings (SSSR count). The van der Waals surface area contributed by atoms with Gasteiger partial charge in [-0.2, -0.15) is 0 Å². The molecular formula is C28H30ClN5O4. The number of carbonyl (C=O) groups is 1. The number of piperazine rings is 1. The van der Waals surface area contributed by atoms with Crippen LogP contribution in [0.1, 0.15) is 38.3 Å². The SMILES string of the molecule is CC(C)(C)OC(=O)N1C[C@H]2C[C@@H]1CN2CCO/N=C1/C(c2c(O)[nH]c3ccc(Cl)cc23)=Nc2ccccc21. The van der Waals surface area contributed by atoms with E-state index in [0.29, 0.717) is 47.7 Å². The van der Waals surface area contributed by atoms with Crippen LogP contribution < -0.4 is 0 Å². The highest BCUT2D eigenvalue weighted by atomic mass is 35.5. The highest BCUT2D eigenvalue weighted by Crippen LogP contribution is 2.37. The number of hydrogen-bond acceptors (Lipinski definition) is 7. The third-order valence-corrected chi connectivity index (χ3v) is 7.44. The summed E-state index contributed by atoms with van der Waals surface area (Å²) in [6.07, 6.45) is 0.709. The van der Waals surface area contributed by atoms with Crippen LogP contribution in [0.2, 0.25) is 5.02 Å². The first-order valence-corrected chi connectivity index (χ1v) is 13.2. The van der Waals surface area contributed by atoms with Gasteiger partial charge in [0.05, 0.1) is 11.3 Å². The fourth-order valence-corrected chi connectivity index (χ4v) is 5.74. The Morgan fingerprint density at radius 2 is 2.03 bits per heavy atom. The predicted molar refractivity (Wildman–Crippen MR) is 147 cm³/mol. The molecule has 2 bridgehead atoms. The molecule has 2 saturated heterocycles. The molecule has 1 amide bonds. The van der Waals surface area contributed by atoms with E-state index in [-0.39, 0.29) is 18.0 Å². The van der Waals surface area contributed by atoms with Crippen molar-refractivity contribution in [2.45, 2.75) is 44.9 Å². The summed E-state index contributed by atoms with van der Waals surface area (Å²) in [5, 5.41) is 16.6. The summed E-state index contributed by atoms with van der Waals surface area (Å²) in [7, 11) is 0. The van der Waals surface area contributed by atoms with Crippen LogP contribution in [0, 0.1) is 0 Å². The predicted octanol–water partition coefficient (Wildman–Crippen LogP) is 5.08. The minimum absolute atomic E-state index is 0.00385. The molecule has 198 valence electrons. The van der Waals surface area contributed by atoms with Gasteiger partial charge in [-0.1, -0.05) is 35.0 Å². The number of ether oxygens (including phenoxy) is 1. The number of nitrogens with zero attached hydrogens (tertiary/aromatic N) is 4. The third-order valence-electron chi connectivity index (χ3n) is 7.20. The Hall–Kier alpha value is -3.56. The lowest BCUT2D eigenvalue weighted by molar-refractivity contribution is 0.0104. The molecule has 2 N–H and O–H groups in total. The molecule has 1 aromatic heterocycles. The Balaban J connectivity index is 1.15. The van der Waals surface area contributed by atoms with Gasteiger partial charge < -0.3 is 24.6 Å². The molecule has 0 aliphatic carbocycles. The van der Waals surface area contributed by atoms with Gasteiger partial charge in [0.15, 0.2) is 5.88 Å². The summed E-state index contributed by atoms with van der Waals surface area (Å²) in [5.41, 5.74) is 3.50. The van der Waals surface area contributed by atoms with Crippen LogP contribution >= 0.6 is 11.6 Å². The fourth-order valence-electron chi connectivity index (χ4n) is 5.56. The number of rotatable bonds is 5. The van der Waals surface area contributed by atoms with Crippen LogP contribution in [-0.4, -0.2) is 81.3 Å². The normalized spacial score (nSPS) is 21.8. The van der Waals surface area contributed by atoms with E-state index in [1.54, 1.807) is 12.1 Å². The lowest BCUT2D eigenvalue weighted by atomic mass is 10.0. The standard InChI is InChI=1S/C28H30ClN5O4/c1-28(2,3)38-27(36)34-15-17-13-18(34)14-33(17)10-11-37-32-24-19-6-4-5-7-21(19)30-25(24)23-20-12-16(29)8-9-22(20)31-26(23)35/h4-9,12,17-18,31,35H,10-11,13-15H2,1-3H3/b32-24+/t17-,18-/m1/s1. The average Bonchev–Trinajstić information content (AvgIpc) is 3.61. The molecule has 0 unspecified atom stereocenters. The van der Waals surface area contributed by atoms with Gasteiger partial charge in [-0.15, -0.1) is 0 Å². The van der Waals surface area contributed by atoms with E-state index in [1.807, 2.05) is 56.0 Å². The number of benzene rings is 2. The van der Waals surface area contributed by atoms with E-state index in [0.717, 1.165) is 35.1 Å². The average molecular weight is 536 g/mol. The molecule has 0 saturated carbocycles. The molecule has 3 aromatic rings. The number of aromatic amines is 1. The van der Waals surface area contributed by atoms with Crippen molar-refractivity contribution in [2.75, 3.05) is 26.2 Å². The second-order valence-corrected chi connectivity index (χ2v) is 11.4. The molecule has 0 radical (unpaired) electrons. The first kappa shape index (κ1) is 24.8. The highest BCUT2D eigenvalue weighted by Gasteiger charge is 2.46. The number of hydrogen-bond donors (Lipinski definition) is 2. The number of carbonyl (C=O) groups excluding carboxylic acids is 1. The number of aromatic nitrogens is 1. The Morgan fingerprint density at radius 3 is 2.79 bits per heavy atom. The molecule has 0 spiro atoms. The van der Waals surface area contributed by atoms with Gasteiger partial charge in [0.25, 0.3) is 0 Å². The molecule has 3 aliphatic heterocycles. The van der Waals surface area contributed by atoms with Crippen molar-refractivity contribution < 1.29 is 19.5 Å². The summed E-state index contributed by atoms with van der Waals surface area (Å²) in [4.78, 5) is 30.3. The first-order chi connectivity index (χ1) is 18.2. The smallest absolute Gasteiger partial charge is 0.410 e. The number of aromatic hydroxyl groups is 1. The lowest BCUT2D eigenvalue weighted by Crippen LogP contribution is -2.50. The summed E-state index contributed by atoms with van der Waals surface area (Å²) in [6.45, 7) is 8.21. The summed E-state index contributed by atoms with van der Waals surface area (Å²) >= 11 is 6.25. The minimum atomic E-state index is -0.498. The summed E-state index contributed by atoms with van der Waals surface area (Å²) in [5.74, 6) is 0.00385. The zero-order valence-electron chi connectivity index (χ0n) is 21.6. The van der Waals surface area contributed by atoms with Crippen LogP contribution in [0.5, 0.6) is 5.88 Å². The first-order valence-electron chi connectivity index (χ1n) is 12.8. The molecular weight excluding hydrogens is 506 g/mol. The molecule has 2 aromatic carbocycles. The Bertz CT molecular complexity index is 1470. The zero-order chi connectivity index (χ0) is 26.6. The number of fused-ring (bicyclic) bond motifs is 4. The number of H-pyrrole nitrogens is 1. The van der Waals surface area contributed by atoms with Crippen LogP contribution in [0.15, 0.2) is 52.6 Å². The largest absolute Gasteiger partial charge is 0.494 e. The van der Waals surface area contributed by atoms with Gasteiger partial charge in [-0.05, 0) is 51.5 Å². The molecule has 9 nitrogen and oxygen atoms in total. The number of oxime groups is 1. The van der Waals surface area contributed by atoms with Gasteiger partial charge in [0.2, 0.25) is 0 Å². The Morgan fingerprint density at radius 1 is 1.21 bits per heavy atom. The van der Waals surface area contributed by atoms with Crippen molar-refractivity contribution in [3.63, 3.8) is 0 Å². The van der Waals surface area contributed by atoms with E-state index in [4.69, 9.17) is 26.2 Å². The maximum Gasteiger partial charge on any atom is 0.410 e. The number of nitrogens with one attached hydrogen (secondary N) is 1. The molecule has 2 fully saturated rings. The topological polar surface area (TPSA) is 103 Å². The fraction of sp³-hybridized carbons (Fsp3) is 0.393. The third kappa shape index (κ3) is 4.50. The van der Waals surface area contributed by atoms with Gasteiger partial charge in [0, 0.05) is 53.2 Å². The van der Waals surface area contributed by atoms with Gasteiger partial charge >= 0.3 is 6.09 Å². The second-order valence-electron chi connectivity index (χ2n) is 11.0. The number of aliphatic imine (C=N–C) groups is 1. The number of para-hydroxylation sites is 1. The number of likely N-dealkylation sites (tertiary alicyclic amines) is 2. The lowest BCUT2D eigenvalue weighted by Gasteiger charge is -2.34. The van der Waals surface area contributed by atoms with Crippen molar-refractivity contribution in [3.05, 3.63) is 58.6 Å².